The van der Waals surface area contributed by atoms with Crippen LogP contribution >= 0.6 is 0 Å². The van der Waals surface area contributed by atoms with E-state index in [1.165, 1.54) is 36.6 Å². The Morgan fingerprint density at radius 2 is 1.57 bits per heavy atom. The van der Waals surface area contributed by atoms with E-state index in [0.717, 1.165) is 32.1 Å². The van der Waals surface area contributed by atoms with Crippen LogP contribution in [-0.4, -0.2) is 41.7 Å². The Morgan fingerprint density at radius 1 is 0.976 bits per heavy atom. The lowest BCUT2D eigenvalue weighted by atomic mass is 9.85. The zero-order valence-electron chi connectivity index (χ0n) is 26.0. The first-order valence-electron chi connectivity index (χ1n) is 14.5. The third-order valence-corrected chi connectivity index (χ3v) is 9.09. The molecule has 7 nitrogen and oxygen atoms in total. The molecule has 3 rings (SSSR count). The summed E-state index contributed by atoms with van der Waals surface area (Å²) in [6, 6.07) is 5.82. The van der Waals surface area contributed by atoms with Crippen molar-refractivity contribution < 1.29 is 31.5 Å². The molecule has 0 radical (unpaired) electrons. The number of nitrogens with zero attached hydrogens (tertiary/aromatic N) is 1. The van der Waals surface area contributed by atoms with Crippen molar-refractivity contribution in [2.45, 2.75) is 122 Å². The number of halogens is 3. The fourth-order valence-corrected chi connectivity index (χ4v) is 7.26. The number of benzene rings is 1. The van der Waals surface area contributed by atoms with Crippen LogP contribution in [0.15, 0.2) is 29.2 Å². The predicted molar refractivity (Wildman–Crippen MR) is 159 cm³/mol. The van der Waals surface area contributed by atoms with Gasteiger partial charge in [0.2, 0.25) is 10.0 Å². The van der Waals surface area contributed by atoms with Crippen LogP contribution in [0, 0.1) is 5.92 Å². The number of rotatable bonds is 8. The van der Waals surface area contributed by atoms with Crippen molar-refractivity contribution in [1.29, 1.82) is 0 Å². The van der Waals surface area contributed by atoms with Crippen LogP contribution in [-0.2, 0) is 28.2 Å². The Morgan fingerprint density at radius 3 is 2.07 bits per heavy atom. The van der Waals surface area contributed by atoms with Crippen LogP contribution in [0.25, 0.3) is 11.3 Å². The third kappa shape index (κ3) is 8.60. The molecule has 11 heteroatoms. The van der Waals surface area contributed by atoms with Gasteiger partial charge >= 0.3 is 6.18 Å². The summed E-state index contributed by atoms with van der Waals surface area (Å²) in [5, 5.41) is 12.5. The number of nitrogens with one attached hydrogen (secondary N) is 2. The van der Waals surface area contributed by atoms with E-state index in [4.69, 9.17) is 0 Å². The molecule has 1 aliphatic rings. The number of hydrogen-bond donors (Lipinski definition) is 3. The van der Waals surface area contributed by atoms with Crippen molar-refractivity contribution in [2.75, 3.05) is 6.54 Å². The van der Waals surface area contributed by atoms with Gasteiger partial charge in [-0.3, -0.25) is 4.79 Å². The van der Waals surface area contributed by atoms with Crippen molar-refractivity contribution in [1.82, 2.24) is 14.6 Å². The van der Waals surface area contributed by atoms with Crippen molar-refractivity contribution in [2.24, 2.45) is 5.92 Å². The summed E-state index contributed by atoms with van der Waals surface area (Å²) in [7, 11) is -3.95. The molecule has 0 bridgehead atoms. The molecule has 0 spiro atoms. The fourth-order valence-electron chi connectivity index (χ4n) is 5.44. The number of aromatic nitrogens is 1. The molecular weight excluding hydrogens is 567 g/mol. The lowest BCUT2D eigenvalue weighted by Crippen LogP contribution is -2.41. The smallest absolute Gasteiger partial charge is 0.389 e. The van der Waals surface area contributed by atoms with Gasteiger partial charge in [-0.1, -0.05) is 46.1 Å². The second kappa shape index (κ2) is 12.0. The number of amides is 1. The topological polar surface area (TPSA) is 100 Å². The normalized spacial score (nSPS) is 16.1. The lowest BCUT2D eigenvalue weighted by Gasteiger charge is -2.28. The second-order valence-electron chi connectivity index (χ2n) is 14.2. The average Bonchev–Trinajstić information content (AvgIpc) is 3.20. The van der Waals surface area contributed by atoms with E-state index in [9.17, 15) is 31.5 Å². The molecule has 236 valence electrons. The zero-order chi connectivity index (χ0) is 31.9. The largest absolute Gasteiger partial charge is 0.432 e. The molecule has 1 aliphatic carbocycles. The predicted octanol–water partition coefficient (Wildman–Crippen LogP) is 6.63. The highest BCUT2D eigenvalue weighted by Gasteiger charge is 2.41. The highest BCUT2D eigenvalue weighted by Crippen LogP contribution is 2.41. The molecule has 0 aliphatic heterocycles. The summed E-state index contributed by atoms with van der Waals surface area (Å²) < 4.78 is 74.8. The molecular formula is C31H46F3N3O4S. The minimum Gasteiger partial charge on any atom is -0.389 e. The minimum atomic E-state index is -4.83. The van der Waals surface area contributed by atoms with E-state index in [1.54, 1.807) is 26.8 Å². The Bertz CT molecular complexity index is 1390. The maximum atomic E-state index is 14.7. The minimum absolute atomic E-state index is 0.0102. The van der Waals surface area contributed by atoms with Gasteiger partial charge in [-0.05, 0) is 88.1 Å². The summed E-state index contributed by atoms with van der Waals surface area (Å²) >= 11 is 0. The molecule has 1 amide bonds. The zero-order valence-corrected chi connectivity index (χ0v) is 26.8. The number of alkyl halides is 3. The molecule has 0 atom stereocenters. The summed E-state index contributed by atoms with van der Waals surface area (Å²) in [6.07, 6.45) is -0.345. The van der Waals surface area contributed by atoms with Crippen molar-refractivity contribution >= 4 is 15.9 Å². The van der Waals surface area contributed by atoms with E-state index < -0.39 is 49.9 Å². The van der Waals surface area contributed by atoms with Gasteiger partial charge in [-0.2, -0.15) is 13.2 Å². The standard InChI is InChI=1S/C31H46F3N3O4S/c1-28(2,3)23-16-21(14-15-25(23)42(40,41)36-29(4,5)6)24-17-22(27(38)35-19-30(7,8)39)26(31(32,33)34)37(24)18-20-12-10-9-11-13-20/h14-17,20,36,39H,9-13,18-19H2,1-8H3,(H,35,38). The maximum absolute atomic E-state index is 14.7. The second-order valence-corrected chi connectivity index (χ2v) is 15.9. The van der Waals surface area contributed by atoms with Crippen LogP contribution in [0.5, 0.6) is 0 Å². The first kappa shape index (κ1) is 34.1. The molecule has 3 N–H and O–H groups in total. The van der Waals surface area contributed by atoms with Crippen molar-refractivity contribution in [3.05, 3.63) is 41.1 Å². The number of carbonyl (C=O) groups excluding carboxylic acids is 1. The summed E-state index contributed by atoms with van der Waals surface area (Å²) in [6.45, 7) is 13.5. The van der Waals surface area contributed by atoms with Crippen LogP contribution in [0.4, 0.5) is 13.2 Å². The third-order valence-electron chi connectivity index (χ3n) is 7.27. The van der Waals surface area contributed by atoms with Crippen molar-refractivity contribution in [3.8, 4) is 11.3 Å². The Labute approximate surface area is 248 Å². The Balaban J connectivity index is 2.28. The van der Waals surface area contributed by atoms with E-state index in [0.29, 0.717) is 11.1 Å². The summed E-state index contributed by atoms with van der Waals surface area (Å²) in [5.74, 6) is -0.922. The number of hydrogen-bond acceptors (Lipinski definition) is 4. The molecule has 1 fully saturated rings. The number of aliphatic hydroxyl groups is 1. The molecule has 1 aromatic heterocycles. The SMILES string of the molecule is CC(C)(O)CNC(=O)c1cc(-c2ccc(S(=O)(=O)NC(C)(C)C)c(C(C)(C)C)c2)n(CC2CCCCC2)c1C(F)(F)F. The summed E-state index contributed by atoms with van der Waals surface area (Å²) in [4.78, 5) is 13.2. The van der Waals surface area contributed by atoms with Gasteiger partial charge in [0.15, 0.2) is 0 Å². The molecule has 1 saturated carbocycles. The molecule has 42 heavy (non-hydrogen) atoms. The lowest BCUT2D eigenvalue weighted by molar-refractivity contribution is -0.144. The molecule has 0 unspecified atom stereocenters. The quantitative estimate of drug-likeness (QED) is 0.311. The molecule has 1 heterocycles. The Hall–Kier alpha value is -2.37. The van der Waals surface area contributed by atoms with E-state index >= 15 is 0 Å². The Kier molecular flexibility index (Phi) is 9.72. The first-order chi connectivity index (χ1) is 19.0. The van der Waals surface area contributed by atoms with Crippen LogP contribution in [0.3, 0.4) is 0 Å². The molecule has 0 saturated heterocycles. The number of sulfonamides is 1. The van der Waals surface area contributed by atoms with E-state index in [-0.39, 0.29) is 29.6 Å². The molecule has 1 aromatic carbocycles. The average molecular weight is 614 g/mol. The van der Waals surface area contributed by atoms with Crippen LogP contribution in [0.1, 0.15) is 109 Å². The van der Waals surface area contributed by atoms with Crippen LogP contribution in [0.2, 0.25) is 0 Å². The highest BCUT2D eigenvalue weighted by molar-refractivity contribution is 7.89. The van der Waals surface area contributed by atoms with Gasteiger partial charge in [0.05, 0.1) is 16.1 Å². The molecule has 2 aromatic rings. The first-order valence-corrected chi connectivity index (χ1v) is 16.0. The number of carbonyl (C=O) groups is 1. The van der Waals surface area contributed by atoms with Gasteiger partial charge in [-0.15, -0.1) is 0 Å². The van der Waals surface area contributed by atoms with Gasteiger partial charge in [0, 0.05) is 24.3 Å². The van der Waals surface area contributed by atoms with Crippen molar-refractivity contribution in [3.63, 3.8) is 0 Å². The fraction of sp³-hybridized carbons (Fsp3) is 0.645. The monoisotopic (exact) mass is 613 g/mol. The van der Waals surface area contributed by atoms with Gasteiger partial charge in [0.1, 0.15) is 5.69 Å². The summed E-state index contributed by atoms with van der Waals surface area (Å²) in [5.41, 5.74) is -3.26. The highest BCUT2D eigenvalue weighted by atomic mass is 32.2. The van der Waals surface area contributed by atoms with E-state index in [1.807, 2.05) is 20.8 Å². The van der Waals surface area contributed by atoms with Gasteiger partial charge < -0.3 is 15.0 Å². The van der Waals surface area contributed by atoms with Gasteiger partial charge in [-0.25, -0.2) is 13.1 Å². The van der Waals surface area contributed by atoms with Gasteiger partial charge in [0.25, 0.3) is 5.91 Å². The maximum Gasteiger partial charge on any atom is 0.432 e. The van der Waals surface area contributed by atoms with Crippen LogP contribution < -0.4 is 10.0 Å². The van der Waals surface area contributed by atoms with E-state index in [2.05, 4.69) is 10.0 Å².